The van der Waals surface area contributed by atoms with Crippen molar-refractivity contribution in [1.82, 2.24) is 4.57 Å². The quantitative estimate of drug-likeness (QED) is 0.366. The third-order valence-electron chi connectivity index (χ3n) is 5.32. The molecule has 0 saturated heterocycles. The van der Waals surface area contributed by atoms with Crippen LogP contribution < -0.4 is 0 Å². The van der Waals surface area contributed by atoms with Gasteiger partial charge in [-0.1, -0.05) is 54.6 Å². The molecule has 0 aliphatic carbocycles. The van der Waals surface area contributed by atoms with Crippen molar-refractivity contribution < 1.29 is 13.6 Å². The lowest BCUT2D eigenvalue weighted by Gasteiger charge is -2.09. The zero-order valence-corrected chi connectivity index (χ0v) is 16.2. The number of Topliss-reactive ketones (excluding diaryl/α,β-unsaturated/α-hetero) is 1. The van der Waals surface area contributed by atoms with Crippen LogP contribution in [-0.2, 0) is 13.0 Å². The summed E-state index contributed by atoms with van der Waals surface area (Å²) in [6.45, 7) is 2.65. The van der Waals surface area contributed by atoms with E-state index < -0.39 is 11.6 Å². The Kier molecular flexibility index (Phi) is 5.26. The molecule has 0 aliphatic rings. The Morgan fingerprint density at radius 3 is 2.34 bits per heavy atom. The van der Waals surface area contributed by atoms with Crippen LogP contribution in [0.1, 0.15) is 33.6 Å². The van der Waals surface area contributed by atoms with Gasteiger partial charge in [-0.2, -0.15) is 0 Å². The van der Waals surface area contributed by atoms with Gasteiger partial charge in [0.2, 0.25) is 0 Å². The summed E-state index contributed by atoms with van der Waals surface area (Å²) in [6.07, 6.45) is 0.610. The van der Waals surface area contributed by atoms with Gasteiger partial charge in [0, 0.05) is 35.1 Å². The number of carbonyl (C=O) groups is 1. The SMILES string of the molecule is Cc1c(C(=O)CCc2ccc(F)c(F)c2)c2ccccc2n1Cc1ccccc1. The molecule has 3 aromatic carbocycles. The number of hydrogen-bond donors (Lipinski definition) is 0. The molecule has 1 aromatic heterocycles. The number of aromatic nitrogens is 1. The first-order valence-corrected chi connectivity index (χ1v) is 9.63. The molecule has 0 bridgehead atoms. The van der Waals surface area contributed by atoms with E-state index in [9.17, 15) is 13.6 Å². The monoisotopic (exact) mass is 389 g/mol. The number of carbonyl (C=O) groups excluding carboxylic acids is 1. The predicted molar refractivity (Wildman–Crippen MR) is 111 cm³/mol. The minimum absolute atomic E-state index is 0.00949. The van der Waals surface area contributed by atoms with Gasteiger partial charge >= 0.3 is 0 Å². The largest absolute Gasteiger partial charge is 0.340 e. The van der Waals surface area contributed by atoms with E-state index in [2.05, 4.69) is 16.7 Å². The molecule has 0 spiro atoms. The highest BCUT2D eigenvalue weighted by atomic mass is 19.2. The van der Waals surface area contributed by atoms with Crippen molar-refractivity contribution in [2.75, 3.05) is 0 Å². The number of benzene rings is 3. The van der Waals surface area contributed by atoms with E-state index in [-0.39, 0.29) is 12.2 Å². The summed E-state index contributed by atoms with van der Waals surface area (Å²) in [5.41, 5.74) is 4.43. The van der Waals surface area contributed by atoms with Crippen molar-refractivity contribution in [3.05, 3.63) is 107 Å². The average Bonchev–Trinajstić information content (AvgIpc) is 3.01. The van der Waals surface area contributed by atoms with Crippen LogP contribution in [0.4, 0.5) is 8.78 Å². The molecule has 0 amide bonds. The molecule has 29 heavy (non-hydrogen) atoms. The summed E-state index contributed by atoms with van der Waals surface area (Å²) in [7, 11) is 0. The second-order valence-electron chi connectivity index (χ2n) is 7.22. The summed E-state index contributed by atoms with van der Waals surface area (Å²) in [4.78, 5) is 13.1. The Labute approximate surface area is 168 Å². The van der Waals surface area contributed by atoms with Crippen LogP contribution in [0.3, 0.4) is 0 Å². The average molecular weight is 389 g/mol. The zero-order valence-electron chi connectivity index (χ0n) is 16.2. The van der Waals surface area contributed by atoms with Crippen LogP contribution in [0, 0.1) is 18.6 Å². The normalized spacial score (nSPS) is 11.1. The van der Waals surface area contributed by atoms with E-state index in [4.69, 9.17) is 0 Å². The summed E-state index contributed by atoms with van der Waals surface area (Å²) in [6, 6.07) is 21.8. The molecular formula is C25H21F2NO. The molecule has 0 fully saturated rings. The fourth-order valence-electron chi connectivity index (χ4n) is 3.83. The van der Waals surface area contributed by atoms with Crippen LogP contribution in [0.15, 0.2) is 72.8 Å². The second kappa shape index (κ2) is 8.00. The molecule has 0 aliphatic heterocycles. The maximum Gasteiger partial charge on any atom is 0.165 e. The minimum atomic E-state index is -0.884. The van der Waals surface area contributed by atoms with Gasteiger partial charge < -0.3 is 4.57 Å². The van der Waals surface area contributed by atoms with Crippen molar-refractivity contribution in [3.63, 3.8) is 0 Å². The highest BCUT2D eigenvalue weighted by Crippen LogP contribution is 2.28. The molecule has 0 radical (unpaired) electrons. The fourth-order valence-corrected chi connectivity index (χ4v) is 3.83. The predicted octanol–water partition coefficient (Wildman–Crippen LogP) is 6.09. The third-order valence-corrected chi connectivity index (χ3v) is 5.32. The van der Waals surface area contributed by atoms with Gasteiger partial charge in [0.15, 0.2) is 17.4 Å². The lowest BCUT2D eigenvalue weighted by Crippen LogP contribution is -2.06. The van der Waals surface area contributed by atoms with Gasteiger partial charge in [-0.25, -0.2) is 8.78 Å². The fraction of sp³-hybridized carbons (Fsp3) is 0.160. The van der Waals surface area contributed by atoms with Gasteiger partial charge in [-0.15, -0.1) is 0 Å². The van der Waals surface area contributed by atoms with E-state index in [1.165, 1.54) is 6.07 Å². The maximum atomic E-state index is 13.4. The minimum Gasteiger partial charge on any atom is -0.340 e. The van der Waals surface area contributed by atoms with Crippen LogP contribution in [0.5, 0.6) is 0 Å². The number of rotatable bonds is 6. The molecule has 0 saturated carbocycles. The smallest absolute Gasteiger partial charge is 0.165 e. The first-order chi connectivity index (χ1) is 14.0. The lowest BCUT2D eigenvalue weighted by molar-refractivity contribution is 0.0983. The highest BCUT2D eigenvalue weighted by Gasteiger charge is 2.19. The second-order valence-corrected chi connectivity index (χ2v) is 7.22. The van der Waals surface area contributed by atoms with Crippen molar-refractivity contribution in [2.45, 2.75) is 26.3 Å². The zero-order chi connectivity index (χ0) is 20.4. The Morgan fingerprint density at radius 2 is 1.59 bits per heavy atom. The molecule has 4 heteroatoms. The van der Waals surface area contributed by atoms with Gasteiger partial charge in [-0.05, 0) is 42.7 Å². The Hall–Kier alpha value is -3.27. The van der Waals surface area contributed by atoms with Crippen molar-refractivity contribution >= 4 is 16.7 Å². The van der Waals surface area contributed by atoms with Crippen molar-refractivity contribution in [2.24, 2.45) is 0 Å². The van der Waals surface area contributed by atoms with E-state index in [1.807, 2.05) is 49.4 Å². The molecule has 0 atom stereocenters. The summed E-state index contributed by atoms with van der Waals surface area (Å²) in [5, 5.41) is 0.927. The van der Waals surface area contributed by atoms with E-state index in [0.29, 0.717) is 24.1 Å². The molecular weight excluding hydrogens is 368 g/mol. The number of para-hydroxylation sites is 1. The maximum absolute atomic E-state index is 13.4. The first kappa shape index (κ1) is 19.1. The number of ketones is 1. The summed E-state index contributed by atoms with van der Waals surface area (Å²) in [5.74, 6) is -1.75. The number of nitrogens with zero attached hydrogens (tertiary/aromatic N) is 1. The third kappa shape index (κ3) is 3.83. The van der Waals surface area contributed by atoms with Crippen LogP contribution in [0.25, 0.3) is 10.9 Å². The number of halogens is 2. The number of fused-ring (bicyclic) bond motifs is 1. The molecule has 146 valence electrons. The van der Waals surface area contributed by atoms with Gasteiger partial charge in [0.05, 0.1) is 0 Å². The topological polar surface area (TPSA) is 22.0 Å². The van der Waals surface area contributed by atoms with E-state index in [0.717, 1.165) is 34.3 Å². The first-order valence-electron chi connectivity index (χ1n) is 9.63. The molecule has 4 aromatic rings. The van der Waals surface area contributed by atoms with Crippen molar-refractivity contribution in [1.29, 1.82) is 0 Å². The summed E-state index contributed by atoms with van der Waals surface area (Å²) < 4.78 is 28.7. The Morgan fingerprint density at radius 1 is 0.862 bits per heavy atom. The highest BCUT2D eigenvalue weighted by molar-refractivity contribution is 6.09. The van der Waals surface area contributed by atoms with Crippen LogP contribution in [-0.4, -0.2) is 10.4 Å². The molecule has 2 nitrogen and oxygen atoms in total. The van der Waals surface area contributed by atoms with E-state index in [1.54, 1.807) is 0 Å². The van der Waals surface area contributed by atoms with Gasteiger partial charge in [0.1, 0.15) is 0 Å². The molecule has 1 heterocycles. The van der Waals surface area contributed by atoms with Crippen LogP contribution >= 0.6 is 0 Å². The Bertz CT molecular complexity index is 1180. The number of aryl methyl sites for hydroxylation is 1. The number of hydrogen-bond acceptors (Lipinski definition) is 1. The molecule has 0 unspecified atom stereocenters. The van der Waals surface area contributed by atoms with Crippen molar-refractivity contribution in [3.8, 4) is 0 Å². The lowest BCUT2D eigenvalue weighted by atomic mass is 10.0. The molecule has 4 rings (SSSR count). The van der Waals surface area contributed by atoms with Gasteiger partial charge in [-0.3, -0.25) is 4.79 Å². The summed E-state index contributed by atoms with van der Waals surface area (Å²) >= 11 is 0. The van der Waals surface area contributed by atoms with Crippen LogP contribution in [0.2, 0.25) is 0 Å². The van der Waals surface area contributed by atoms with E-state index >= 15 is 0 Å². The Balaban J connectivity index is 1.65. The van der Waals surface area contributed by atoms with Gasteiger partial charge in [0.25, 0.3) is 0 Å². The molecule has 0 N–H and O–H groups in total. The standard InChI is InChI=1S/C25H21F2NO/c1-17-25(24(29)14-12-18-11-13-21(26)22(27)15-18)20-9-5-6-10-23(20)28(17)16-19-7-3-2-4-8-19/h2-11,13,15H,12,14,16H2,1H3.